The number of thioether (sulfide) groups is 1. The maximum absolute atomic E-state index is 12.4. The highest BCUT2D eigenvalue weighted by molar-refractivity contribution is 7.98. The van der Waals surface area contributed by atoms with Gasteiger partial charge in [-0.25, -0.2) is 0 Å². The van der Waals surface area contributed by atoms with Crippen LogP contribution in [-0.2, 0) is 0 Å². The topological polar surface area (TPSA) is 55.1 Å². The number of hydrogen-bond acceptors (Lipinski definition) is 3. The summed E-state index contributed by atoms with van der Waals surface area (Å²) in [6, 6.07) is 3.52. The Labute approximate surface area is 133 Å². The molecule has 0 bridgehead atoms. The minimum atomic E-state index is -0.146. The SMILES string of the molecule is CSc1cc(C(=O)NC2CCCC2CN)c(Cl)cc1Cl. The quantitative estimate of drug-likeness (QED) is 0.828. The van der Waals surface area contributed by atoms with Crippen LogP contribution in [0.2, 0.25) is 10.0 Å². The van der Waals surface area contributed by atoms with E-state index < -0.39 is 0 Å². The first kappa shape index (κ1) is 16.0. The number of halogens is 2. The Bertz CT molecular complexity index is 510. The fourth-order valence-corrected chi connectivity index (χ4v) is 3.80. The second-order valence-corrected chi connectivity index (χ2v) is 6.64. The molecule has 0 spiro atoms. The molecule has 1 fully saturated rings. The van der Waals surface area contributed by atoms with Crippen molar-refractivity contribution in [2.75, 3.05) is 12.8 Å². The van der Waals surface area contributed by atoms with Crippen LogP contribution in [0.3, 0.4) is 0 Å². The maximum Gasteiger partial charge on any atom is 0.253 e. The fourth-order valence-electron chi connectivity index (χ4n) is 2.61. The van der Waals surface area contributed by atoms with E-state index in [2.05, 4.69) is 5.32 Å². The predicted octanol–water partition coefficient (Wildman–Crippen LogP) is 3.57. The number of amides is 1. The molecule has 6 heteroatoms. The van der Waals surface area contributed by atoms with Crippen LogP contribution < -0.4 is 11.1 Å². The Hall–Kier alpha value is -0.420. The Balaban J connectivity index is 2.17. The lowest BCUT2D eigenvalue weighted by Crippen LogP contribution is -2.40. The molecule has 1 aliphatic rings. The Kier molecular flexibility index (Phi) is 5.61. The molecule has 2 atom stereocenters. The first-order chi connectivity index (χ1) is 9.56. The molecule has 0 saturated heterocycles. The first-order valence-corrected chi connectivity index (χ1v) is 8.58. The van der Waals surface area contributed by atoms with Crippen molar-refractivity contribution < 1.29 is 4.79 Å². The summed E-state index contributed by atoms with van der Waals surface area (Å²) in [6.45, 7) is 0.607. The van der Waals surface area contributed by atoms with Crippen LogP contribution in [-0.4, -0.2) is 24.7 Å². The van der Waals surface area contributed by atoms with E-state index in [1.54, 1.807) is 12.1 Å². The molecule has 2 rings (SSSR count). The summed E-state index contributed by atoms with van der Waals surface area (Å²) in [6.07, 6.45) is 5.08. The molecule has 3 nitrogen and oxygen atoms in total. The van der Waals surface area contributed by atoms with Gasteiger partial charge in [0.25, 0.3) is 5.91 Å². The highest BCUT2D eigenvalue weighted by Gasteiger charge is 2.28. The summed E-state index contributed by atoms with van der Waals surface area (Å²) in [5, 5.41) is 4.00. The largest absolute Gasteiger partial charge is 0.349 e. The van der Waals surface area contributed by atoms with Crippen molar-refractivity contribution in [3.05, 3.63) is 27.7 Å². The number of carbonyl (C=O) groups excluding carboxylic acids is 1. The molecule has 20 heavy (non-hydrogen) atoms. The van der Waals surface area contributed by atoms with Crippen molar-refractivity contribution in [2.24, 2.45) is 11.7 Å². The fraction of sp³-hybridized carbons (Fsp3) is 0.500. The van der Waals surface area contributed by atoms with E-state index in [1.165, 1.54) is 11.8 Å². The van der Waals surface area contributed by atoms with E-state index in [4.69, 9.17) is 28.9 Å². The number of benzene rings is 1. The maximum atomic E-state index is 12.4. The molecular weight excluding hydrogens is 315 g/mol. The van der Waals surface area contributed by atoms with Crippen LogP contribution >= 0.6 is 35.0 Å². The molecule has 0 aromatic heterocycles. The lowest BCUT2D eigenvalue weighted by atomic mass is 10.0. The van der Waals surface area contributed by atoms with Crippen molar-refractivity contribution in [3.63, 3.8) is 0 Å². The van der Waals surface area contributed by atoms with Crippen molar-refractivity contribution >= 4 is 40.9 Å². The third kappa shape index (κ3) is 3.42. The number of nitrogens with two attached hydrogens (primary N) is 1. The van der Waals surface area contributed by atoms with Gasteiger partial charge >= 0.3 is 0 Å². The molecule has 3 N–H and O–H groups in total. The summed E-state index contributed by atoms with van der Waals surface area (Å²) in [5.74, 6) is 0.220. The van der Waals surface area contributed by atoms with Crippen LogP contribution in [0.1, 0.15) is 29.6 Å². The summed E-state index contributed by atoms with van der Waals surface area (Å²) in [7, 11) is 0. The summed E-state index contributed by atoms with van der Waals surface area (Å²) < 4.78 is 0. The van der Waals surface area contributed by atoms with Crippen LogP contribution in [0.25, 0.3) is 0 Å². The van der Waals surface area contributed by atoms with Crippen LogP contribution in [0.5, 0.6) is 0 Å². The Morgan fingerprint density at radius 3 is 2.80 bits per heavy atom. The second-order valence-electron chi connectivity index (χ2n) is 4.97. The van der Waals surface area contributed by atoms with Gasteiger partial charge in [0.15, 0.2) is 0 Å². The van der Waals surface area contributed by atoms with Gasteiger partial charge in [-0.15, -0.1) is 11.8 Å². The lowest BCUT2D eigenvalue weighted by Gasteiger charge is -2.20. The van der Waals surface area contributed by atoms with Gasteiger partial charge in [0.2, 0.25) is 0 Å². The van der Waals surface area contributed by atoms with E-state index in [0.29, 0.717) is 28.1 Å². The second kappa shape index (κ2) is 7.03. The third-order valence-electron chi connectivity index (χ3n) is 3.76. The highest BCUT2D eigenvalue weighted by Crippen LogP contribution is 2.32. The van der Waals surface area contributed by atoms with Gasteiger partial charge < -0.3 is 11.1 Å². The van der Waals surface area contributed by atoms with Gasteiger partial charge in [0, 0.05) is 10.9 Å². The number of hydrogen-bond donors (Lipinski definition) is 2. The van der Waals surface area contributed by atoms with Crippen LogP contribution in [0.15, 0.2) is 17.0 Å². The van der Waals surface area contributed by atoms with Crippen molar-refractivity contribution in [2.45, 2.75) is 30.2 Å². The normalized spacial score (nSPS) is 22.0. The van der Waals surface area contributed by atoms with Crippen LogP contribution in [0.4, 0.5) is 0 Å². The number of nitrogens with one attached hydrogen (secondary N) is 1. The van der Waals surface area contributed by atoms with Gasteiger partial charge in [0.05, 0.1) is 15.6 Å². The van der Waals surface area contributed by atoms with Gasteiger partial charge in [-0.1, -0.05) is 29.6 Å². The third-order valence-corrected chi connectivity index (χ3v) is 5.28. The van der Waals surface area contributed by atoms with Crippen molar-refractivity contribution in [1.82, 2.24) is 5.32 Å². The Morgan fingerprint density at radius 1 is 1.40 bits per heavy atom. The zero-order valence-corrected chi connectivity index (χ0v) is 13.6. The molecule has 0 heterocycles. The van der Waals surface area contributed by atoms with E-state index in [-0.39, 0.29) is 11.9 Å². The molecular formula is C14H18Cl2N2OS. The van der Waals surface area contributed by atoms with Crippen molar-refractivity contribution in [3.8, 4) is 0 Å². The number of rotatable bonds is 4. The minimum absolute atomic E-state index is 0.146. The predicted molar refractivity (Wildman–Crippen MR) is 85.9 cm³/mol. The molecule has 110 valence electrons. The number of carbonyl (C=O) groups is 1. The van der Waals surface area contributed by atoms with Gasteiger partial charge in [-0.3, -0.25) is 4.79 Å². The molecule has 1 aliphatic carbocycles. The zero-order valence-electron chi connectivity index (χ0n) is 11.3. The van der Waals surface area contributed by atoms with Gasteiger partial charge in [-0.05, 0) is 43.7 Å². The molecule has 1 amide bonds. The van der Waals surface area contributed by atoms with E-state index in [0.717, 1.165) is 24.2 Å². The summed E-state index contributed by atoms with van der Waals surface area (Å²) >= 11 is 13.7. The summed E-state index contributed by atoms with van der Waals surface area (Å²) in [5.41, 5.74) is 6.21. The first-order valence-electron chi connectivity index (χ1n) is 6.60. The Morgan fingerprint density at radius 2 is 2.15 bits per heavy atom. The monoisotopic (exact) mass is 332 g/mol. The van der Waals surface area contributed by atoms with Gasteiger partial charge in [-0.2, -0.15) is 0 Å². The molecule has 0 aliphatic heterocycles. The smallest absolute Gasteiger partial charge is 0.253 e. The zero-order chi connectivity index (χ0) is 14.7. The molecule has 1 aromatic carbocycles. The van der Waals surface area contributed by atoms with E-state index >= 15 is 0 Å². The highest BCUT2D eigenvalue weighted by atomic mass is 35.5. The summed E-state index contributed by atoms with van der Waals surface area (Å²) in [4.78, 5) is 13.2. The molecule has 1 saturated carbocycles. The molecule has 2 unspecified atom stereocenters. The van der Waals surface area contributed by atoms with E-state index in [9.17, 15) is 4.79 Å². The lowest BCUT2D eigenvalue weighted by molar-refractivity contribution is 0.0928. The van der Waals surface area contributed by atoms with Crippen LogP contribution in [0, 0.1) is 5.92 Å². The molecule has 0 radical (unpaired) electrons. The van der Waals surface area contributed by atoms with E-state index in [1.807, 2.05) is 6.26 Å². The molecule has 1 aromatic rings. The van der Waals surface area contributed by atoms with Gasteiger partial charge in [0.1, 0.15) is 0 Å². The minimum Gasteiger partial charge on any atom is -0.349 e. The average molecular weight is 333 g/mol. The standard InChI is InChI=1S/C14H18Cl2N2OS/c1-20-13-5-9(10(15)6-11(13)16)14(19)18-12-4-2-3-8(12)7-17/h5-6,8,12H,2-4,7,17H2,1H3,(H,18,19). The average Bonchev–Trinajstić information content (AvgIpc) is 2.86. The van der Waals surface area contributed by atoms with Crippen molar-refractivity contribution in [1.29, 1.82) is 0 Å².